The van der Waals surface area contributed by atoms with Crippen LogP contribution in [0.2, 0.25) is 10.0 Å². The zero-order valence-corrected chi connectivity index (χ0v) is 14.9. The molecular formula is C14H16Cl4N4. The van der Waals surface area contributed by atoms with Gasteiger partial charge < -0.3 is 10.6 Å². The van der Waals surface area contributed by atoms with Crippen LogP contribution >= 0.6 is 48.0 Å². The largest absolute Gasteiger partial charge is 0.348 e. The van der Waals surface area contributed by atoms with Crippen molar-refractivity contribution in [1.29, 1.82) is 0 Å². The number of aromatic nitrogens is 2. The van der Waals surface area contributed by atoms with Gasteiger partial charge in [-0.15, -0.1) is 24.8 Å². The van der Waals surface area contributed by atoms with E-state index >= 15 is 0 Å². The Bertz CT molecular complexity index is 630. The number of halogens is 4. The number of nitrogens with one attached hydrogen (secondary N) is 2. The molecule has 120 valence electrons. The molecule has 2 N–H and O–H groups in total. The lowest BCUT2D eigenvalue weighted by atomic mass is 10.1. The lowest BCUT2D eigenvalue weighted by Gasteiger charge is -2.15. The van der Waals surface area contributed by atoms with Crippen molar-refractivity contribution in [2.24, 2.45) is 0 Å². The Kier molecular flexibility index (Phi) is 7.16. The predicted octanol–water partition coefficient (Wildman–Crippen LogP) is 4.40. The Morgan fingerprint density at radius 2 is 1.82 bits per heavy atom. The average Bonchev–Trinajstić information content (AvgIpc) is 2.85. The van der Waals surface area contributed by atoms with Crippen molar-refractivity contribution < 1.29 is 0 Å². The third-order valence-corrected chi connectivity index (χ3v) is 3.73. The van der Waals surface area contributed by atoms with Gasteiger partial charge in [0.1, 0.15) is 0 Å². The van der Waals surface area contributed by atoms with Crippen LogP contribution in [0.1, 0.15) is 29.8 Å². The molecule has 1 unspecified atom stereocenters. The first-order valence-corrected chi connectivity index (χ1v) is 7.15. The molecule has 0 radical (unpaired) electrons. The van der Waals surface area contributed by atoms with Crippen molar-refractivity contribution >= 4 is 54.0 Å². The van der Waals surface area contributed by atoms with Crippen molar-refractivity contribution in [1.82, 2.24) is 15.3 Å². The van der Waals surface area contributed by atoms with E-state index in [1.54, 1.807) is 6.07 Å². The van der Waals surface area contributed by atoms with E-state index in [9.17, 15) is 0 Å². The highest BCUT2D eigenvalue weighted by Gasteiger charge is 2.14. The normalized spacial score (nSPS) is 13.6. The van der Waals surface area contributed by atoms with Gasteiger partial charge in [0, 0.05) is 34.9 Å². The van der Waals surface area contributed by atoms with Crippen LogP contribution in [0.25, 0.3) is 0 Å². The number of fused-ring (bicyclic) bond motifs is 1. The molecule has 0 saturated heterocycles. The predicted molar refractivity (Wildman–Crippen MR) is 95.6 cm³/mol. The third-order valence-electron chi connectivity index (χ3n) is 3.29. The zero-order chi connectivity index (χ0) is 14.1. The van der Waals surface area contributed by atoms with E-state index in [1.165, 1.54) is 0 Å². The van der Waals surface area contributed by atoms with Crippen molar-refractivity contribution in [3.63, 3.8) is 0 Å². The number of hydrogen-bond acceptors (Lipinski definition) is 4. The summed E-state index contributed by atoms with van der Waals surface area (Å²) >= 11 is 12.0. The molecule has 0 spiro atoms. The van der Waals surface area contributed by atoms with Crippen molar-refractivity contribution in [2.45, 2.75) is 26.1 Å². The number of rotatable bonds is 3. The molecule has 0 bridgehead atoms. The number of anilines is 1. The average molecular weight is 382 g/mol. The van der Waals surface area contributed by atoms with Crippen LogP contribution in [-0.4, -0.2) is 9.97 Å². The number of nitrogens with zero attached hydrogens (tertiary/aromatic N) is 2. The fraction of sp³-hybridized carbons (Fsp3) is 0.286. The summed E-state index contributed by atoms with van der Waals surface area (Å²) in [6, 6.07) is 5.52. The topological polar surface area (TPSA) is 49.8 Å². The quantitative estimate of drug-likeness (QED) is 0.826. The van der Waals surface area contributed by atoms with E-state index in [2.05, 4.69) is 20.6 Å². The molecule has 1 aromatic carbocycles. The van der Waals surface area contributed by atoms with Crippen LogP contribution in [0.4, 0.5) is 5.95 Å². The van der Waals surface area contributed by atoms with Crippen LogP contribution in [0, 0.1) is 0 Å². The van der Waals surface area contributed by atoms with Crippen LogP contribution in [-0.2, 0) is 13.1 Å². The second-order valence-electron chi connectivity index (χ2n) is 4.84. The lowest BCUT2D eigenvalue weighted by molar-refractivity contribution is 0.757. The smallest absolute Gasteiger partial charge is 0.223 e. The SMILES string of the molecule is CC(Nc1ncc2c(n1)CNC2)c1cc(Cl)cc(Cl)c1.Cl.Cl. The van der Waals surface area contributed by atoms with Gasteiger partial charge in [0.25, 0.3) is 0 Å². The van der Waals surface area contributed by atoms with Gasteiger partial charge in [0.2, 0.25) is 5.95 Å². The summed E-state index contributed by atoms with van der Waals surface area (Å²) in [5.41, 5.74) is 3.22. The van der Waals surface area contributed by atoms with Crippen molar-refractivity contribution in [2.75, 3.05) is 5.32 Å². The molecule has 3 rings (SSSR count). The second kappa shape index (κ2) is 8.18. The summed E-state index contributed by atoms with van der Waals surface area (Å²) in [7, 11) is 0. The second-order valence-corrected chi connectivity index (χ2v) is 5.71. The molecule has 1 aliphatic rings. The lowest BCUT2D eigenvalue weighted by Crippen LogP contribution is -2.10. The summed E-state index contributed by atoms with van der Waals surface area (Å²) in [6.07, 6.45) is 1.86. The minimum Gasteiger partial charge on any atom is -0.348 e. The first-order chi connectivity index (χ1) is 9.61. The number of benzene rings is 1. The van der Waals surface area contributed by atoms with E-state index < -0.39 is 0 Å². The monoisotopic (exact) mass is 380 g/mol. The van der Waals surface area contributed by atoms with E-state index in [1.807, 2.05) is 25.3 Å². The van der Waals surface area contributed by atoms with Gasteiger partial charge in [-0.2, -0.15) is 0 Å². The summed E-state index contributed by atoms with van der Waals surface area (Å²) in [5.74, 6) is 0.621. The van der Waals surface area contributed by atoms with Gasteiger partial charge in [-0.3, -0.25) is 0 Å². The Hall–Kier alpha value is -0.780. The molecule has 1 atom stereocenters. The third kappa shape index (κ3) is 4.37. The van der Waals surface area contributed by atoms with Gasteiger partial charge in [-0.25, -0.2) is 9.97 Å². The summed E-state index contributed by atoms with van der Waals surface area (Å²) < 4.78 is 0. The molecule has 22 heavy (non-hydrogen) atoms. The van der Waals surface area contributed by atoms with Gasteiger partial charge in [0.05, 0.1) is 11.7 Å². The van der Waals surface area contributed by atoms with Gasteiger partial charge in [-0.1, -0.05) is 23.2 Å². The van der Waals surface area contributed by atoms with Crippen LogP contribution in [0.15, 0.2) is 24.4 Å². The van der Waals surface area contributed by atoms with Crippen molar-refractivity contribution in [3.8, 4) is 0 Å². The molecule has 8 heteroatoms. The Labute approximate surface area is 151 Å². The maximum absolute atomic E-state index is 6.02. The molecule has 0 aliphatic carbocycles. The molecule has 2 aromatic rings. The molecule has 0 fully saturated rings. The fourth-order valence-electron chi connectivity index (χ4n) is 2.23. The standard InChI is InChI=1S/C14H14Cl2N4.2ClH/c1-8(9-2-11(15)4-12(16)3-9)19-14-18-6-10-5-17-7-13(10)20-14;;/h2-4,6,8,17H,5,7H2,1H3,(H,18,19,20);2*1H. The van der Waals surface area contributed by atoms with E-state index in [0.717, 1.165) is 29.9 Å². The highest BCUT2D eigenvalue weighted by Crippen LogP contribution is 2.25. The van der Waals surface area contributed by atoms with Gasteiger partial charge >= 0.3 is 0 Å². The molecule has 0 amide bonds. The zero-order valence-electron chi connectivity index (χ0n) is 11.8. The molecule has 4 nitrogen and oxygen atoms in total. The molecule has 1 aromatic heterocycles. The Balaban J connectivity index is 0.00000121. The Morgan fingerprint density at radius 1 is 1.14 bits per heavy atom. The molecule has 0 saturated carbocycles. The molecule has 2 heterocycles. The highest BCUT2D eigenvalue weighted by atomic mass is 35.5. The van der Waals surface area contributed by atoms with E-state index in [4.69, 9.17) is 23.2 Å². The first-order valence-electron chi connectivity index (χ1n) is 6.40. The molecule has 1 aliphatic heterocycles. The minimum absolute atomic E-state index is 0. The van der Waals surface area contributed by atoms with Gasteiger partial charge in [-0.05, 0) is 30.7 Å². The maximum Gasteiger partial charge on any atom is 0.223 e. The highest BCUT2D eigenvalue weighted by molar-refractivity contribution is 6.34. The summed E-state index contributed by atoms with van der Waals surface area (Å²) in [6.45, 7) is 3.66. The first kappa shape index (κ1) is 19.3. The Morgan fingerprint density at radius 3 is 2.50 bits per heavy atom. The molecular weight excluding hydrogens is 366 g/mol. The summed E-state index contributed by atoms with van der Waals surface area (Å²) in [4.78, 5) is 8.85. The minimum atomic E-state index is 0. The summed E-state index contributed by atoms with van der Waals surface area (Å²) in [5, 5.41) is 7.78. The fourth-order valence-corrected chi connectivity index (χ4v) is 2.77. The van der Waals surface area contributed by atoms with E-state index in [0.29, 0.717) is 16.0 Å². The number of hydrogen-bond donors (Lipinski definition) is 2. The van der Waals surface area contributed by atoms with Crippen LogP contribution in [0.3, 0.4) is 0 Å². The van der Waals surface area contributed by atoms with Crippen LogP contribution < -0.4 is 10.6 Å². The van der Waals surface area contributed by atoms with Gasteiger partial charge in [0.15, 0.2) is 0 Å². The van der Waals surface area contributed by atoms with Crippen LogP contribution in [0.5, 0.6) is 0 Å². The maximum atomic E-state index is 6.02. The van der Waals surface area contributed by atoms with E-state index in [-0.39, 0.29) is 30.9 Å². The van der Waals surface area contributed by atoms with Crippen molar-refractivity contribution in [3.05, 3.63) is 51.3 Å².